The van der Waals surface area contributed by atoms with Crippen molar-refractivity contribution in [3.63, 3.8) is 0 Å². The first-order valence-corrected chi connectivity index (χ1v) is 10.1. The molecular weight excluding hydrogens is 376 g/mol. The van der Waals surface area contributed by atoms with Crippen LogP contribution in [0.15, 0.2) is 82.6 Å². The molecule has 1 aromatic heterocycles. The van der Waals surface area contributed by atoms with Crippen molar-refractivity contribution >= 4 is 50.6 Å². The van der Waals surface area contributed by atoms with Crippen molar-refractivity contribution in [2.75, 3.05) is 11.5 Å². The molecule has 0 atom stereocenters. The van der Waals surface area contributed by atoms with Gasteiger partial charge in [0.2, 0.25) is 0 Å². The summed E-state index contributed by atoms with van der Waals surface area (Å²) in [6, 6.07) is 23.7. The number of benzene rings is 3. The van der Waals surface area contributed by atoms with Crippen molar-refractivity contribution in [2.24, 2.45) is 0 Å². The summed E-state index contributed by atoms with van der Waals surface area (Å²) >= 11 is 3.13. The van der Waals surface area contributed by atoms with Crippen molar-refractivity contribution in [1.29, 1.82) is 0 Å². The number of aromatic nitrogens is 1. The molecule has 132 valence electrons. The molecular formula is C21H14N2O2S2. The largest absolute Gasteiger partial charge is 0.460 e. The van der Waals surface area contributed by atoms with Gasteiger partial charge in [0.15, 0.2) is 6.61 Å². The van der Waals surface area contributed by atoms with Gasteiger partial charge in [-0.05, 0) is 36.4 Å². The van der Waals surface area contributed by atoms with Crippen molar-refractivity contribution in [3.05, 3.63) is 72.8 Å². The van der Waals surface area contributed by atoms with Crippen LogP contribution in [0.3, 0.4) is 0 Å². The van der Waals surface area contributed by atoms with Crippen LogP contribution < -0.4 is 9.64 Å². The number of hydrogen-bond acceptors (Lipinski definition) is 5. The highest BCUT2D eigenvalue weighted by atomic mass is 32.2. The fraction of sp³-hybridized carbons (Fsp3) is 0.0476. The van der Waals surface area contributed by atoms with E-state index >= 15 is 0 Å². The molecule has 0 aliphatic carbocycles. The maximum atomic E-state index is 13.1. The summed E-state index contributed by atoms with van der Waals surface area (Å²) in [5.41, 5.74) is 2.66. The standard InChI is InChI=1S/C21H14N2O2S2/c24-20(13-25-21-22-14-7-1-4-10-17(14)27-21)23-15-8-2-5-11-18(15)26-19-12-6-3-9-16(19)23/h1-12H,13H2. The average molecular weight is 390 g/mol. The Kier molecular flexibility index (Phi) is 4.07. The Hall–Kier alpha value is -2.83. The van der Waals surface area contributed by atoms with Gasteiger partial charge in [-0.1, -0.05) is 59.5 Å². The molecule has 5 rings (SSSR count). The zero-order chi connectivity index (χ0) is 18.2. The van der Waals surface area contributed by atoms with E-state index in [1.807, 2.05) is 72.8 Å². The van der Waals surface area contributed by atoms with Gasteiger partial charge in [-0.2, -0.15) is 0 Å². The van der Waals surface area contributed by atoms with Crippen LogP contribution in [-0.2, 0) is 4.79 Å². The van der Waals surface area contributed by atoms with Gasteiger partial charge in [-0.3, -0.25) is 9.69 Å². The maximum absolute atomic E-state index is 13.1. The molecule has 1 amide bonds. The Labute approximate surface area is 164 Å². The summed E-state index contributed by atoms with van der Waals surface area (Å²) in [6.07, 6.45) is 0. The predicted octanol–water partition coefficient (Wildman–Crippen LogP) is 5.50. The van der Waals surface area contributed by atoms with E-state index in [9.17, 15) is 4.79 Å². The predicted molar refractivity (Wildman–Crippen MR) is 109 cm³/mol. The Morgan fingerprint density at radius 3 is 2.22 bits per heavy atom. The summed E-state index contributed by atoms with van der Waals surface area (Å²) in [7, 11) is 0. The van der Waals surface area contributed by atoms with E-state index in [1.165, 1.54) is 11.3 Å². The van der Waals surface area contributed by atoms with Gasteiger partial charge in [0.25, 0.3) is 11.1 Å². The molecule has 1 aliphatic heterocycles. The molecule has 1 aliphatic rings. The van der Waals surface area contributed by atoms with Crippen LogP contribution in [0, 0.1) is 0 Å². The number of ether oxygens (including phenoxy) is 1. The van der Waals surface area contributed by atoms with Gasteiger partial charge in [0.1, 0.15) is 0 Å². The molecule has 0 fully saturated rings. The van der Waals surface area contributed by atoms with E-state index in [0.29, 0.717) is 5.19 Å². The molecule has 0 N–H and O–H groups in total. The number of carbonyl (C=O) groups excluding carboxylic acids is 1. The zero-order valence-electron chi connectivity index (χ0n) is 14.2. The second-order valence-corrected chi connectivity index (χ2v) is 8.08. The number of amides is 1. The summed E-state index contributed by atoms with van der Waals surface area (Å²) in [5.74, 6) is -0.116. The molecule has 0 unspecified atom stereocenters. The lowest BCUT2D eigenvalue weighted by atomic mass is 10.2. The van der Waals surface area contributed by atoms with Crippen molar-refractivity contribution in [1.82, 2.24) is 4.98 Å². The molecule has 0 bridgehead atoms. The Balaban J connectivity index is 1.44. The summed E-state index contributed by atoms with van der Waals surface area (Å²) in [6.45, 7) is -0.0623. The third-order valence-corrected chi connectivity index (χ3v) is 6.35. The maximum Gasteiger partial charge on any atom is 0.274 e. The lowest BCUT2D eigenvalue weighted by Crippen LogP contribution is -2.32. The van der Waals surface area contributed by atoms with Gasteiger partial charge < -0.3 is 4.74 Å². The minimum Gasteiger partial charge on any atom is -0.460 e. The van der Waals surface area contributed by atoms with Gasteiger partial charge in [0, 0.05) is 9.79 Å². The Bertz CT molecular complexity index is 1080. The second kappa shape index (κ2) is 6.72. The van der Waals surface area contributed by atoms with E-state index in [4.69, 9.17) is 4.74 Å². The third kappa shape index (κ3) is 2.97. The van der Waals surface area contributed by atoms with Crippen LogP contribution in [0.1, 0.15) is 0 Å². The minimum absolute atomic E-state index is 0.0623. The molecule has 27 heavy (non-hydrogen) atoms. The average Bonchev–Trinajstić information content (AvgIpc) is 3.13. The van der Waals surface area contributed by atoms with E-state index in [1.54, 1.807) is 16.7 Å². The summed E-state index contributed by atoms with van der Waals surface area (Å²) in [5, 5.41) is 0.512. The Morgan fingerprint density at radius 2 is 1.52 bits per heavy atom. The smallest absolute Gasteiger partial charge is 0.274 e. The van der Waals surface area contributed by atoms with E-state index < -0.39 is 0 Å². The normalized spacial score (nSPS) is 12.5. The molecule has 6 heteroatoms. The molecule has 3 aromatic carbocycles. The first-order valence-electron chi connectivity index (χ1n) is 8.47. The van der Waals surface area contributed by atoms with Crippen LogP contribution in [0.2, 0.25) is 0 Å². The van der Waals surface area contributed by atoms with Crippen LogP contribution in [0.5, 0.6) is 5.19 Å². The lowest BCUT2D eigenvalue weighted by Gasteiger charge is -2.30. The van der Waals surface area contributed by atoms with E-state index in [2.05, 4.69) is 4.98 Å². The monoisotopic (exact) mass is 390 g/mol. The van der Waals surface area contributed by atoms with Gasteiger partial charge in [-0.25, -0.2) is 4.98 Å². The number of hydrogen-bond donors (Lipinski definition) is 0. The number of rotatable bonds is 3. The van der Waals surface area contributed by atoms with Crippen LogP contribution in [-0.4, -0.2) is 17.5 Å². The van der Waals surface area contributed by atoms with E-state index in [-0.39, 0.29) is 12.5 Å². The van der Waals surface area contributed by atoms with Gasteiger partial charge in [-0.15, -0.1) is 0 Å². The minimum atomic E-state index is -0.116. The second-order valence-electron chi connectivity index (χ2n) is 6.00. The number of fused-ring (bicyclic) bond motifs is 3. The van der Waals surface area contributed by atoms with Crippen molar-refractivity contribution in [2.45, 2.75) is 9.79 Å². The van der Waals surface area contributed by atoms with Gasteiger partial charge in [0.05, 0.1) is 21.6 Å². The van der Waals surface area contributed by atoms with Crippen molar-refractivity contribution in [3.8, 4) is 5.19 Å². The van der Waals surface area contributed by atoms with Crippen LogP contribution >= 0.6 is 23.1 Å². The van der Waals surface area contributed by atoms with E-state index in [0.717, 1.165) is 31.4 Å². The summed E-state index contributed by atoms with van der Waals surface area (Å²) < 4.78 is 6.79. The van der Waals surface area contributed by atoms with Crippen LogP contribution in [0.4, 0.5) is 11.4 Å². The molecule has 0 saturated heterocycles. The highest BCUT2D eigenvalue weighted by molar-refractivity contribution is 7.99. The highest BCUT2D eigenvalue weighted by Crippen LogP contribution is 2.47. The highest BCUT2D eigenvalue weighted by Gasteiger charge is 2.28. The number of carbonyl (C=O) groups is 1. The lowest BCUT2D eigenvalue weighted by molar-refractivity contribution is -0.119. The molecule has 0 spiro atoms. The molecule has 2 heterocycles. The summed E-state index contributed by atoms with van der Waals surface area (Å²) in [4.78, 5) is 21.4. The number of anilines is 2. The number of thiazole rings is 1. The quantitative estimate of drug-likeness (QED) is 0.463. The molecule has 0 saturated carbocycles. The first-order chi connectivity index (χ1) is 13.3. The van der Waals surface area contributed by atoms with Crippen molar-refractivity contribution < 1.29 is 9.53 Å². The fourth-order valence-electron chi connectivity index (χ4n) is 3.07. The topological polar surface area (TPSA) is 42.4 Å². The first kappa shape index (κ1) is 16.4. The third-order valence-electron chi connectivity index (χ3n) is 4.28. The molecule has 4 nitrogen and oxygen atoms in total. The SMILES string of the molecule is O=C(COc1nc2ccccc2s1)N1c2ccccc2Sc2ccccc21. The Morgan fingerprint density at radius 1 is 0.889 bits per heavy atom. The van der Waals surface area contributed by atoms with Gasteiger partial charge >= 0.3 is 0 Å². The molecule has 4 aromatic rings. The fourth-order valence-corrected chi connectivity index (χ4v) is 4.95. The zero-order valence-corrected chi connectivity index (χ0v) is 15.8. The number of nitrogens with zero attached hydrogens (tertiary/aromatic N) is 2. The van der Waals surface area contributed by atoms with Crippen LogP contribution in [0.25, 0.3) is 10.2 Å². The number of para-hydroxylation sites is 3. The molecule has 0 radical (unpaired) electrons.